The van der Waals surface area contributed by atoms with Crippen LogP contribution in [0.2, 0.25) is 0 Å². The first-order valence-electron chi connectivity index (χ1n) is 5.58. The van der Waals surface area contributed by atoms with Crippen LogP contribution in [0.25, 0.3) is 0 Å². The van der Waals surface area contributed by atoms with Crippen LogP contribution in [0.1, 0.15) is 16.8 Å². The minimum Gasteiger partial charge on any atom is -0.478 e. The van der Waals surface area contributed by atoms with Gasteiger partial charge in [0.15, 0.2) is 5.78 Å². The van der Waals surface area contributed by atoms with Gasteiger partial charge in [-0.3, -0.25) is 9.00 Å². The number of benzene rings is 1. The molecule has 100 valence electrons. The lowest BCUT2D eigenvalue weighted by molar-refractivity contribution is -0.132. The number of carbonyl (C=O) groups is 2. The third-order valence-corrected chi connectivity index (χ3v) is 4.36. The fourth-order valence-electron chi connectivity index (χ4n) is 1.87. The van der Waals surface area contributed by atoms with Gasteiger partial charge in [0.2, 0.25) is 0 Å². The van der Waals surface area contributed by atoms with Crippen LogP contribution in [0.3, 0.4) is 0 Å². The van der Waals surface area contributed by atoms with Crippen molar-refractivity contribution in [1.82, 2.24) is 0 Å². The van der Waals surface area contributed by atoms with Gasteiger partial charge < -0.3 is 10.0 Å². The molecule has 1 heterocycles. The summed E-state index contributed by atoms with van der Waals surface area (Å²) in [7, 11) is 0.690. The second-order valence-corrected chi connectivity index (χ2v) is 5.75. The van der Waals surface area contributed by atoms with E-state index >= 15 is 0 Å². The summed E-state index contributed by atoms with van der Waals surface area (Å²) in [6.45, 7) is 3.33. The second-order valence-electron chi connectivity index (χ2n) is 4.36. The molecule has 1 aromatic rings. The highest BCUT2D eigenvalue weighted by Crippen LogP contribution is 2.31. The monoisotopic (exact) mass is 279 g/mol. The van der Waals surface area contributed by atoms with E-state index in [2.05, 4.69) is 6.58 Å². The summed E-state index contributed by atoms with van der Waals surface area (Å²) in [5.74, 6) is -1.10. The third-order valence-electron chi connectivity index (χ3n) is 2.93. The molecular formula is C13H13NO4S. The van der Waals surface area contributed by atoms with Crippen molar-refractivity contribution < 1.29 is 18.9 Å². The minimum atomic E-state index is -1.18. The summed E-state index contributed by atoms with van der Waals surface area (Å²) < 4.78 is 11.8. The van der Waals surface area contributed by atoms with Crippen LogP contribution in [0.15, 0.2) is 35.2 Å². The van der Waals surface area contributed by atoms with Crippen molar-refractivity contribution in [3.63, 3.8) is 0 Å². The van der Waals surface area contributed by atoms with Crippen molar-refractivity contribution in [2.24, 2.45) is 0 Å². The van der Waals surface area contributed by atoms with Crippen LogP contribution in [0.4, 0.5) is 5.69 Å². The molecule has 2 rings (SSSR count). The molecule has 0 spiro atoms. The Kier molecular flexibility index (Phi) is 3.53. The smallest absolute Gasteiger partial charge is 0.331 e. The van der Waals surface area contributed by atoms with Crippen LogP contribution in [0, 0.1) is 0 Å². The molecule has 1 aliphatic heterocycles. The maximum absolute atomic E-state index is 11.9. The molecule has 0 amide bonds. The molecule has 1 unspecified atom stereocenters. The van der Waals surface area contributed by atoms with Gasteiger partial charge in [-0.25, -0.2) is 4.79 Å². The molecular weight excluding hydrogens is 266 g/mol. The van der Waals surface area contributed by atoms with Crippen LogP contribution in [-0.4, -0.2) is 34.0 Å². The number of fused-ring (bicyclic) bond motifs is 1. The van der Waals surface area contributed by atoms with Gasteiger partial charge in [-0.2, -0.15) is 0 Å². The number of ketones is 1. The van der Waals surface area contributed by atoms with Gasteiger partial charge in [0.05, 0.1) is 27.3 Å². The van der Waals surface area contributed by atoms with Crippen molar-refractivity contribution >= 4 is 28.2 Å². The molecule has 1 N–H and O–H groups in total. The van der Waals surface area contributed by atoms with Crippen molar-refractivity contribution in [2.45, 2.75) is 11.3 Å². The molecule has 0 saturated carbocycles. The molecule has 6 heteroatoms. The number of rotatable bonds is 4. The van der Waals surface area contributed by atoms with Gasteiger partial charge in [-0.15, -0.1) is 0 Å². The second kappa shape index (κ2) is 4.97. The van der Waals surface area contributed by atoms with Crippen LogP contribution < -0.4 is 4.90 Å². The molecule has 0 aliphatic carbocycles. The zero-order chi connectivity index (χ0) is 14.2. The van der Waals surface area contributed by atoms with E-state index in [0.29, 0.717) is 16.3 Å². The summed E-state index contributed by atoms with van der Waals surface area (Å²) in [6, 6.07) is 4.93. The number of carbonyl (C=O) groups excluding carboxylic acids is 1. The maximum Gasteiger partial charge on any atom is 0.331 e. The SMILES string of the molecule is C=C(CC(=O)c1ccc2c(c1)S(=O)CN2C)C(=O)O. The fourth-order valence-corrected chi connectivity index (χ4v) is 3.22. The molecule has 0 aromatic heterocycles. The van der Waals surface area contributed by atoms with Crippen molar-refractivity contribution in [3.8, 4) is 0 Å². The molecule has 1 aromatic carbocycles. The lowest BCUT2D eigenvalue weighted by Gasteiger charge is -2.10. The molecule has 0 saturated heterocycles. The molecule has 19 heavy (non-hydrogen) atoms. The first kappa shape index (κ1) is 13.5. The Morgan fingerprint density at radius 2 is 2.16 bits per heavy atom. The summed E-state index contributed by atoms with van der Waals surface area (Å²) in [5.41, 5.74) is 1.06. The minimum absolute atomic E-state index is 0.149. The Balaban J connectivity index is 2.26. The highest BCUT2D eigenvalue weighted by atomic mass is 32.2. The van der Waals surface area contributed by atoms with Gasteiger partial charge in [-0.1, -0.05) is 6.58 Å². The quantitative estimate of drug-likeness (QED) is 0.666. The van der Waals surface area contributed by atoms with Gasteiger partial charge in [-0.05, 0) is 18.2 Å². The van der Waals surface area contributed by atoms with E-state index in [1.165, 1.54) is 0 Å². The molecule has 0 bridgehead atoms. The third kappa shape index (κ3) is 2.58. The Bertz CT molecular complexity index is 609. The maximum atomic E-state index is 11.9. The molecule has 0 radical (unpaired) electrons. The first-order valence-corrected chi connectivity index (χ1v) is 6.90. The van der Waals surface area contributed by atoms with Crippen LogP contribution >= 0.6 is 0 Å². The predicted molar refractivity (Wildman–Crippen MR) is 71.8 cm³/mol. The number of carboxylic acid groups (broad SMARTS) is 1. The van der Waals surface area contributed by atoms with E-state index in [-0.39, 0.29) is 17.8 Å². The zero-order valence-electron chi connectivity index (χ0n) is 10.4. The van der Waals surface area contributed by atoms with E-state index in [1.807, 2.05) is 11.9 Å². The van der Waals surface area contributed by atoms with Gasteiger partial charge in [0.1, 0.15) is 0 Å². The van der Waals surface area contributed by atoms with E-state index in [9.17, 15) is 13.8 Å². The summed E-state index contributed by atoms with van der Waals surface area (Å²) in [6.07, 6.45) is -0.239. The lowest BCUT2D eigenvalue weighted by Crippen LogP contribution is -2.13. The van der Waals surface area contributed by atoms with Crippen molar-refractivity contribution in [2.75, 3.05) is 17.8 Å². The Hall–Kier alpha value is -1.95. The van der Waals surface area contributed by atoms with Crippen molar-refractivity contribution in [1.29, 1.82) is 0 Å². The standard InChI is InChI=1S/C13H13NO4S/c1-8(13(16)17)5-11(15)9-3-4-10-12(6-9)19(18)7-14(10)2/h3-4,6H,1,5,7H2,2H3,(H,16,17). The highest BCUT2D eigenvalue weighted by Gasteiger charge is 2.24. The van der Waals surface area contributed by atoms with E-state index in [0.717, 1.165) is 5.69 Å². The van der Waals surface area contributed by atoms with Crippen molar-refractivity contribution in [3.05, 3.63) is 35.9 Å². The predicted octanol–water partition coefficient (Wildman–Crippen LogP) is 1.42. The summed E-state index contributed by atoms with van der Waals surface area (Å²) in [4.78, 5) is 25.0. The lowest BCUT2D eigenvalue weighted by atomic mass is 10.0. The molecule has 1 aliphatic rings. The topological polar surface area (TPSA) is 74.7 Å². The molecule has 1 atom stereocenters. The Morgan fingerprint density at radius 3 is 2.79 bits per heavy atom. The Morgan fingerprint density at radius 1 is 1.47 bits per heavy atom. The average Bonchev–Trinajstić information content (AvgIpc) is 2.64. The van der Waals surface area contributed by atoms with E-state index in [4.69, 9.17) is 5.11 Å². The average molecular weight is 279 g/mol. The molecule has 5 nitrogen and oxygen atoms in total. The molecule has 0 fully saturated rings. The summed E-state index contributed by atoms with van der Waals surface area (Å²) >= 11 is 0. The highest BCUT2D eigenvalue weighted by molar-refractivity contribution is 7.85. The number of aliphatic carboxylic acids is 1. The number of carboxylic acids is 1. The van der Waals surface area contributed by atoms with Gasteiger partial charge in [0.25, 0.3) is 0 Å². The number of hydrogen-bond acceptors (Lipinski definition) is 4. The number of nitrogens with zero attached hydrogens (tertiary/aromatic N) is 1. The zero-order valence-corrected chi connectivity index (χ0v) is 11.2. The van der Waals surface area contributed by atoms with Gasteiger partial charge >= 0.3 is 5.97 Å². The number of anilines is 1. The van der Waals surface area contributed by atoms with E-state index < -0.39 is 16.8 Å². The summed E-state index contributed by atoms with van der Waals surface area (Å²) in [5, 5.41) is 8.70. The number of Topliss-reactive ketones (excluding diaryl/α,β-unsaturated/α-hetero) is 1. The normalized spacial score (nSPS) is 17.1. The Labute approximate surface area is 113 Å². The van der Waals surface area contributed by atoms with Crippen LogP contribution in [0.5, 0.6) is 0 Å². The largest absolute Gasteiger partial charge is 0.478 e. The van der Waals surface area contributed by atoms with Crippen LogP contribution in [-0.2, 0) is 15.6 Å². The first-order chi connectivity index (χ1) is 8.90. The van der Waals surface area contributed by atoms with E-state index in [1.54, 1.807) is 18.2 Å². The van der Waals surface area contributed by atoms with Gasteiger partial charge in [0, 0.05) is 24.6 Å². The fraction of sp³-hybridized carbons (Fsp3) is 0.231. The number of hydrogen-bond donors (Lipinski definition) is 1.